The zero-order valence-electron chi connectivity index (χ0n) is 13.6. The first-order valence-electron chi connectivity index (χ1n) is 8.12. The van der Waals surface area contributed by atoms with E-state index >= 15 is 0 Å². The summed E-state index contributed by atoms with van der Waals surface area (Å²) in [6.07, 6.45) is 3.37. The monoisotopic (exact) mass is 333 g/mol. The van der Waals surface area contributed by atoms with E-state index in [-0.39, 0.29) is 6.04 Å². The molecule has 6 heteroatoms. The number of aromatic nitrogens is 1. The van der Waals surface area contributed by atoms with Gasteiger partial charge in [-0.05, 0) is 50.1 Å². The number of nitrogens with one attached hydrogen (secondary N) is 1. The van der Waals surface area contributed by atoms with Gasteiger partial charge in [-0.25, -0.2) is 8.42 Å². The summed E-state index contributed by atoms with van der Waals surface area (Å²) < 4.78 is 28.3. The highest BCUT2D eigenvalue weighted by Gasteiger charge is 2.33. The Morgan fingerprint density at radius 2 is 2.17 bits per heavy atom. The lowest BCUT2D eigenvalue weighted by atomic mass is 10.1. The minimum absolute atomic E-state index is 0.0352. The van der Waals surface area contributed by atoms with Crippen LogP contribution in [0.5, 0.6) is 0 Å². The zero-order valence-corrected chi connectivity index (χ0v) is 14.4. The summed E-state index contributed by atoms with van der Waals surface area (Å²) in [6.45, 7) is 6.11. The topological polar surface area (TPSA) is 62.3 Å². The number of pyridine rings is 1. The molecule has 0 radical (unpaired) electrons. The van der Waals surface area contributed by atoms with Crippen molar-refractivity contribution in [3.05, 3.63) is 36.0 Å². The zero-order chi connectivity index (χ0) is 16.4. The first-order valence-corrected chi connectivity index (χ1v) is 9.56. The maximum absolute atomic E-state index is 13.3. The lowest BCUT2D eigenvalue weighted by Gasteiger charge is -2.27. The maximum Gasteiger partial charge on any atom is 0.244 e. The van der Waals surface area contributed by atoms with Crippen LogP contribution in [0.1, 0.15) is 25.3 Å². The molecule has 0 amide bonds. The van der Waals surface area contributed by atoms with Crippen molar-refractivity contribution in [2.75, 3.05) is 19.6 Å². The fourth-order valence-corrected chi connectivity index (χ4v) is 5.17. The molecule has 3 rings (SSSR count). The van der Waals surface area contributed by atoms with E-state index in [2.05, 4.69) is 10.3 Å². The van der Waals surface area contributed by atoms with Gasteiger partial charge in [0.2, 0.25) is 10.0 Å². The number of nitrogens with zero attached hydrogens (tertiary/aromatic N) is 2. The second kappa shape index (κ2) is 6.55. The highest BCUT2D eigenvalue weighted by atomic mass is 32.2. The summed E-state index contributed by atoms with van der Waals surface area (Å²) in [5.41, 5.74) is 1.75. The lowest BCUT2D eigenvalue weighted by molar-refractivity contribution is 0.335. The van der Waals surface area contributed by atoms with Crippen molar-refractivity contribution < 1.29 is 8.42 Å². The minimum Gasteiger partial charge on any atom is -0.315 e. The fraction of sp³-hybridized carbons (Fsp3) is 0.471. The summed E-state index contributed by atoms with van der Waals surface area (Å²) in [5.74, 6) is 0. The normalized spacial score (nSPS) is 18.8. The standard InChI is InChI=1S/C17H23N3O2S/c1-3-11-20(14-8-10-18-12-14)23(21,22)16-7-6-13(2)17-15(16)5-4-9-19-17/h4-7,9,14,18H,3,8,10-12H2,1-2H3. The molecule has 1 fully saturated rings. The van der Waals surface area contributed by atoms with E-state index in [1.165, 1.54) is 0 Å². The van der Waals surface area contributed by atoms with E-state index in [0.717, 1.165) is 37.0 Å². The smallest absolute Gasteiger partial charge is 0.244 e. The van der Waals surface area contributed by atoms with Crippen molar-refractivity contribution in [2.24, 2.45) is 0 Å². The van der Waals surface area contributed by atoms with E-state index in [1.807, 2.05) is 26.0 Å². The summed E-state index contributed by atoms with van der Waals surface area (Å²) in [6, 6.07) is 7.24. The van der Waals surface area contributed by atoms with Crippen molar-refractivity contribution in [1.29, 1.82) is 0 Å². The van der Waals surface area contributed by atoms with Gasteiger partial charge in [-0.15, -0.1) is 0 Å². The first kappa shape index (κ1) is 16.4. The molecule has 1 saturated heterocycles. The van der Waals surface area contributed by atoms with E-state index in [9.17, 15) is 8.42 Å². The number of rotatable bonds is 5. The van der Waals surface area contributed by atoms with Crippen molar-refractivity contribution in [3.63, 3.8) is 0 Å². The van der Waals surface area contributed by atoms with Gasteiger partial charge in [-0.1, -0.05) is 13.0 Å². The summed E-state index contributed by atoms with van der Waals surface area (Å²) in [4.78, 5) is 4.73. The van der Waals surface area contributed by atoms with Crippen LogP contribution in [0.3, 0.4) is 0 Å². The number of hydrogen-bond acceptors (Lipinski definition) is 4. The molecular formula is C17H23N3O2S. The lowest BCUT2D eigenvalue weighted by Crippen LogP contribution is -2.42. The van der Waals surface area contributed by atoms with Crippen LogP contribution in [-0.2, 0) is 10.0 Å². The second-order valence-corrected chi connectivity index (χ2v) is 7.90. The highest BCUT2D eigenvalue weighted by molar-refractivity contribution is 7.89. The maximum atomic E-state index is 13.3. The summed E-state index contributed by atoms with van der Waals surface area (Å²) >= 11 is 0. The van der Waals surface area contributed by atoms with Crippen LogP contribution >= 0.6 is 0 Å². The molecule has 124 valence electrons. The molecular weight excluding hydrogens is 310 g/mol. The van der Waals surface area contributed by atoms with Crippen LogP contribution in [0.25, 0.3) is 10.9 Å². The predicted molar refractivity (Wildman–Crippen MR) is 91.9 cm³/mol. The van der Waals surface area contributed by atoms with Crippen molar-refractivity contribution in [2.45, 2.75) is 37.6 Å². The van der Waals surface area contributed by atoms with Gasteiger partial charge in [0.05, 0.1) is 10.4 Å². The Bertz CT molecular complexity index is 799. The Balaban J connectivity index is 2.13. The van der Waals surface area contributed by atoms with Crippen LogP contribution in [0, 0.1) is 6.92 Å². The van der Waals surface area contributed by atoms with Gasteiger partial charge in [0.25, 0.3) is 0 Å². The third-order valence-corrected chi connectivity index (χ3v) is 6.41. The molecule has 1 N–H and O–H groups in total. The van der Waals surface area contributed by atoms with Gasteiger partial charge < -0.3 is 5.32 Å². The molecule has 1 aromatic heterocycles. The van der Waals surface area contributed by atoms with Crippen molar-refractivity contribution >= 4 is 20.9 Å². The van der Waals surface area contributed by atoms with Crippen LogP contribution in [0.15, 0.2) is 35.4 Å². The third-order valence-electron chi connectivity index (χ3n) is 4.40. The Hall–Kier alpha value is -1.50. The molecule has 1 aromatic carbocycles. The molecule has 23 heavy (non-hydrogen) atoms. The Morgan fingerprint density at radius 3 is 2.87 bits per heavy atom. The average Bonchev–Trinajstić information content (AvgIpc) is 3.06. The number of fused-ring (bicyclic) bond motifs is 1. The van der Waals surface area contributed by atoms with Gasteiger partial charge in [0.15, 0.2) is 0 Å². The Kier molecular flexibility index (Phi) is 4.66. The molecule has 0 aliphatic carbocycles. The van der Waals surface area contributed by atoms with E-state index in [4.69, 9.17) is 0 Å². The Labute approximate surface area is 137 Å². The first-order chi connectivity index (χ1) is 11.1. The van der Waals surface area contributed by atoms with Gasteiger partial charge in [0.1, 0.15) is 0 Å². The summed E-state index contributed by atoms with van der Waals surface area (Å²) in [7, 11) is -3.54. The molecule has 5 nitrogen and oxygen atoms in total. The molecule has 1 aliphatic heterocycles. The molecule has 1 unspecified atom stereocenters. The van der Waals surface area contributed by atoms with Gasteiger partial charge in [-0.2, -0.15) is 4.31 Å². The number of aryl methyl sites for hydroxylation is 1. The van der Waals surface area contributed by atoms with Gasteiger partial charge in [-0.3, -0.25) is 4.98 Å². The predicted octanol–water partition coefficient (Wildman–Crippen LogP) is 2.31. The molecule has 0 spiro atoms. The van der Waals surface area contributed by atoms with Crippen LogP contribution in [-0.4, -0.2) is 43.4 Å². The molecule has 1 atom stereocenters. The fourth-order valence-electron chi connectivity index (χ4n) is 3.24. The number of sulfonamides is 1. The second-order valence-electron chi connectivity index (χ2n) is 6.04. The molecule has 0 bridgehead atoms. The summed E-state index contributed by atoms with van der Waals surface area (Å²) in [5, 5.41) is 3.97. The average molecular weight is 333 g/mol. The third kappa shape index (κ3) is 2.98. The molecule has 0 saturated carbocycles. The van der Waals surface area contributed by atoms with Gasteiger partial charge in [0, 0.05) is 30.7 Å². The molecule has 2 aromatic rings. The van der Waals surface area contributed by atoms with Gasteiger partial charge >= 0.3 is 0 Å². The SMILES string of the molecule is CCCN(C1CCNC1)S(=O)(=O)c1ccc(C)c2ncccc12. The van der Waals surface area contributed by atoms with Crippen LogP contribution in [0.2, 0.25) is 0 Å². The van der Waals surface area contributed by atoms with E-state index < -0.39 is 10.0 Å². The van der Waals surface area contributed by atoms with Crippen molar-refractivity contribution in [3.8, 4) is 0 Å². The number of benzene rings is 1. The highest BCUT2D eigenvalue weighted by Crippen LogP contribution is 2.29. The van der Waals surface area contributed by atoms with E-state index in [1.54, 1.807) is 22.6 Å². The largest absolute Gasteiger partial charge is 0.315 e. The van der Waals surface area contributed by atoms with Crippen LogP contribution < -0.4 is 5.32 Å². The van der Waals surface area contributed by atoms with Crippen LogP contribution in [0.4, 0.5) is 0 Å². The van der Waals surface area contributed by atoms with Crippen molar-refractivity contribution in [1.82, 2.24) is 14.6 Å². The molecule has 1 aliphatic rings. The van der Waals surface area contributed by atoms with E-state index in [0.29, 0.717) is 16.8 Å². The minimum atomic E-state index is -3.54. The molecule has 2 heterocycles. The Morgan fingerprint density at radius 1 is 1.35 bits per heavy atom. The number of hydrogen-bond donors (Lipinski definition) is 1. The quantitative estimate of drug-likeness (QED) is 0.912.